The maximum Gasteiger partial charge on any atom is 0.411 e. The predicted molar refractivity (Wildman–Crippen MR) is 110 cm³/mol. The number of benzene rings is 1. The Morgan fingerprint density at radius 1 is 1.25 bits per heavy atom. The number of aldehydes is 1. The largest absolute Gasteiger partial charge is 0.448 e. The second-order valence-electron chi connectivity index (χ2n) is 6.22. The molecule has 2 aromatic heterocycles. The lowest BCUT2D eigenvalue weighted by Crippen LogP contribution is -2.17. The number of imidazole rings is 1. The number of anilines is 2. The van der Waals surface area contributed by atoms with E-state index in [1.54, 1.807) is 17.5 Å². The maximum atomic E-state index is 11.9. The summed E-state index contributed by atoms with van der Waals surface area (Å²) in [5.74, 6) is 0.242. The van der Waals surface area contributed by atoms with Gasteiger partial charge in [0.1, 0.15) is 12.3 Å². The van der Waals surface area contributed by atoms with Crippen molar-refractivity contribution in [3.05, 3.63) is 59.0 Å². The lowest BCUT2D eigenvalue weighted by Gasteiger charge is -2.15. The molecule has 0 aliphatic carbocycles. The normalized spacial score (nSPS) is 10.7. The summed E-state index contributed by atoms with van der Waals surface area (Å²) in [7, 11) is 0. The first-order chi connectivity index (χ1) is 13.5. The standard InChI is InChI=1S/C20H21ClN4O3/c1-13-5-3-6-16(24-20(27)28-10-8-21)15(13)11-22-17-7-4-9-25-18(12-26)14(2)23-19(17)25/h3-7,9,12,22H,8,10-11H2,1-2H3,(H,24,27). The molecule has 1 amide bonds. The molecule has 0 saturated heterocycles. The van der Waals surface area contributed by atoms with E-state index in [-0.39, 0.29) is 12.5 Å². The Labute approximate surface area is 167 Å². The molecule has 0 bridgehead atoms. The number of hydrogen-bond donors (Lipinski definition) is 2. The van der Waals surface area contributed by atoms with Gasteiger partial charge >= 0.3 is 6.09 Å². The van der Waals surface area contributed by atoms with Crippen LogP contribution in [0.15, 0.2) is 36.5 Å². The van der Waals surface area contributed by atoms with E-state index in [2.05, 4.69) is 15.6 Å². The first-order valence-corrected chi connectivity index (χ1v) is 9.33. The molecule has 0 aliphatic heterocycles. The van der Waals surface area contributed by atoms with Crippen LogP contribution in [-0.2, 0) is 11.3 Å². The van der Waals surface area contributed by atoms with Crippen LogP contribution in [0.2, 0.25) is 0 Å². The van der Waals surface area contributed by atoms with E-state index in [1.165, 1.54) is 0 Å². The van der Waals surface area contributed by atoms with Gasteiger partial charge in [0.25, 0.3) is 0 Å². The number of alkyl halides is 1. The number of carbonyl (C=O) groups is 2. The summed E-state index contributed by atoms with van der Waals surface area (Å²) in [5.41, 5.74) is 5.26. The first-order valence-electron chi connectivity index (χ1n) is 8.80. The minimum atomic E-state index is -0.547. The minimum absolute atomic E-state index is 0.146. The number of amides is 1. The minimum Gasteiger partial charge on any atom is -0.448 e. The van der Waals surface area contributed by atoms with Crippen molar-refractivity contribution in [3.8, 4) is 0 Å². The van der Waals surface area contributed by atoms with E-state index in [1.807, 2.05) is 37.3 Å². The van der Waals surface area contributed by atoms with Crippen LogP contribution < -0.4 is 10.6 Å². The molecule has 7 nitrogen and oxygen atoms in total. The predicted octanol–water partition coefficient (Wildman–Crippen LogP) is 4.16. The number of pyridine rings is 1. The molecule has 146 valence electrons. The number of aromatic nitrogens is 2. The molecule has 3 aromatic rings. The van der Waals surface area contributed by atoms with Crippen molar-refractivity contribution < 1.29 is 14.3 Å². The fourth-order valence-electron chi connectivity index (χ4n) is 2.99. The van der Waals surface area contributed by atoms with E-state index >= 15 is 0 Å². The van der Waals surface area contributed by atoms with Crippen molar-refractivity contribution in [1.29, 1.82) is 0 Å². The molecule has 0 aliphatic rings. The third kappa shape index (κ3) is 4.09. The van der Waals surface area contributed by atoms with Crippen LogP contribution in [0.4, 0.5) is 16.2 Å². The Hall–Kier alpha value is -3.06. The van der Waals surface area contributed by atoms with Gasteiger partial charge in [0.05, 0.1) is 17.3 Å². The van der Waals surface area contributed by atoms with Crippen LogP contribution in [-0.4, -0.2) is 34.3 Å². The van der Waals surface area contributed by atoms with Crippen LogP contribution >= 0.6 is 11.6 Å². The third-order valence-electron chi connectivity index (χ3n) is 4.40. The molecule has 0 spiro atoms. The van der Waals surface area contributed by atoms with E-state index in [9.17, 15) is 9.59 Å². The molecule has 2 N–H and O–H groups in total. The summed E-state index contributed by atoms with van der Waals surface area (Å²) in [6, 6.07) is 9.40. The average molecular weight is 401 g/mol. The number of rotatable bonds is 7. The highest BCUT2D eigenvalue weighted by Gasteiger charge is 2.13. The summed E-state index contributed by atoms with van der Waals surface area (Å²) >= 11 is 5.55. The maximum absolute atomic E-state index is 11.9. The molecule has 0 saturated carbocycles. The van der Waals surface area contributed by atoms with Crippen LogP contribution in [0.25, 0.3) is 5.65 Å². The smallest absolute Gasteiger partial charge is 0.411 e. The van der Waals surface area contributed by atoms with Gasteiger partial charge in [-0.1, -0.05) is 12.1 Å². The van der Waals surface area contributed by atoms with Crippen molar-refractivity contribution in [3.63, 3.8) is 0 Å². The average Bonchev–Trinajstić information content (AvgIpc) is 3.01. The molecule has 8 heteroatoms. The van der Waals surface area contributed by atoms with E-state index in [0.29, 0.717) is 29.3 Å². The number of ether oxygens (including phenoxy) is 1. The molecular weight excluding hydrogens is 380 g/mol. The number of nitrogens with one attached hydrogen (secondary N) is 2. The molecule has 3 rings (SSSR count). The van der Waals surface area contributed by atoms with Gasteiger partial charge in [0.2, 0.25) is 0 Å². The molecule has 0 unspecified atom stereocenters. The summed E-state index contributed by atoms with van der Waals surface area (Å²) in [6.45, 7) is 4.38. The molecule has 28 heavy (non-hydrogen) atoms. The van der Waals surface area contributed by atoms with Crippen LogP contribution in [0.5, 0.6) is 0 Å². The zero-order valence-corrected chi connectivity index (χ0v) is 16.4. The van der Waals surface area contributed by atoms with Crippen molar-refractivity contribution >= 4 is 41.0 Å². The van der Waals surface area contributed by atoms with Crippen molar-refractivity contribution in [2.75, 3.05) is 23.1 Å². The van der Waals surface area contributed by atoms with Crippen LogP contribution in [0.3, 0.4) is 0 Å². The second kappa shape index (κ2) is 8.75. The quantitative estimate of drug-likeness (QED) is 0.459. The lowest BCUT2D eigenvalue weighted by atomic mass is 10.1. The fourth-order valence-corrected chi connectivity index (χ4v) is 3.07. The van der Waals surface area contributed by atoms with Gasteiger partial charge in [-0.05, 0) is 43.2 Å². The number of halogens is 1. The number of hydrogen-bond acceptors (Lipinski definition) is 5. The SMILES string of the molecule is Cc1cccc(NC(=O)OCCCl)c1CNc1cccn2c(C=O)c(C)nc12. The van der Waals surface area contributed by atoms with Gasteiger partial charge in [0, 0.05) is 18.4 Å². The Kier molecular flexibility index (Phi) is 6.16. The van der Waals surface area contributed by atoms with Gasteiger partial charge < -0.3 is 10.1 Å². The number of aryl methyl sites for hydroxylation is 2. The highest BCUT2D eigenvalue weighted by molar-refractivity contribution is 6.18. The number of carbonyl (C=O) groups excluding carboxylic acids is 2. The zero-order chi connectivity index (χ0) is 20.1. The molecule has 0 fully saturated rings. The molecule has 0 radical (unpaired) electrons. The second-order valence-corrected chi connectivity index (χ2v) is 6.60. The van der Waals surface area contributed by atoms with Gasteiger partial charge in [-0.3, -0.25) is 14.5 Å². The highest BCUT2D eigenvalue weighted by atomic mass is 35.5. The molecule has 0 atom stereocenters. The van der Waals surface area contributed by atoms with Gasteiger partial charge in [-0.15, -0.1) is 11.6 Å². The molecular formula is C20H21ClN4O3. The van der Waals surface area contributed by atoms with Crippen molar-refractivity contribution in [2.24, 2.45) is 0 Å². The topological polar surface area (TPSA) is 84.7 Å². The van der Waals surface area contributed by atoms with E-state index in [4.69, 9.17) is 16.3 Å². The molecule has 1 aromatic carbocycles. The zero-order valence-electron chi connectivity index (χ0n) is 15.7. The summed E-state index contributed by atoms with van der Waals surface area (Å²) in [4.78, 5) is 27.7. The Morgan fingerprint density at radius 3 is 2.79 bits per heavy atom. The van der Waals surface area contributed by atoms with E-state index < -0.39 is 6.09 Å². The Balaban J connectivity index is 1.84. The van der Waals surface area contributed by atoms with Crippen molar-refractivity contribution in [2.45, 2.75) is 20.4 Å². The summed E-state index contributed by atoms with van der Waals surface area (Å²) in [6.07, 6.45) is 2.06. The number of nitrogens with zero attached hydrogens (tertiary/aromatic N) is 2. The van der Waals surface area contributed by atoms with Gasteiger partial charge in [-0.2, -0.15) is 0 Å². The van der Waals surface area contributed by atoms with E-state index in [0.717, 1.165) is 23.1 Å². The Bertz CT molecular complexity index is 1020. The summed E-state index contributed by atoms with van der Waals surface area (Å²) in [5, 5.41) is 6.11. The Morgan fingerprint density at radius 2 is 2.04 bits per heavy atom. The monoisotopic (exact) mass is 400 g/mol. The van der Waals surface area contributed by atoms with Gasteiger partial charge in [-0.25, -0.2) is 9.78 Å². The number of fused-ring (bicyclic) bond motifs is 1. The lowest BCUT2D eigenvalue weighted by molar-refractivity contribution is 0.111. The first kappa shape index (κ1) is 19.7. The molecule has 2 heterocycles. The highest BCUT2D eigenvalue weighted by Crippen LogP contribution is 2.24. The van der Waals surface area contributed by atoms with Gasteiger partial charge in [0.15, 0.2) is 11.9 Å². The van der Waals surface area contributed by atoms with Crippen LogP contribution in [0, 0.1) is 13.8 Å². The van der Waals surface area contributed by atoms with Crippen molar-refractivity contribution in [1.82, 2.24) is 9.38 Å². The van der Waals surface area contributed by atoms with Crippen LogP contribution in [0.1, 0.15) is 27.3 Å². The summed E-state index contributed by atoms with van der Waals surface area (Å²) < 4.78 is 6.75. The third-order valence-corrected chi connectivity index (χ3v) is 4.55. The fraction of sp³-hybridized carbons (Fsp3) is 0.250.